The molecule has 1 fully saturated rings. The number of hydrogen-bond donors (Lipinski definition) is 0. The lowest BCUT2D eigenvalue weighted by molar-refractivity contribution is -0.134. The number of amides is 1. The highest BCUT2D eigenvalue weighted by atomic mass is 32.2. The van der Waals surface area contributed by atoms with Gasteiger partial charge in [0.25, 0.3) is 0 Å². The van der Waals surface area contributed by atoms with Gasteiger partial charge in [-0.05, 0) is 37.3 Å². The number of hydrogen-bond acceptors (Lipinski definition) is 3. The molecule has 1 amide bonds. The summed E-state index contributed by atoms with van der Waals surface area (Å²) in [5.74, 6) is 0.104. The molecule has 0 aromatic heterocycles. The molecule has 1 saturated heterocycles. The van der Waals surface area contributed by atoms with Crippen molar-refractivity contribution in [1.82, 2.24) is 9.21 Å². The van der Waals surface area contributed by atoms with Gasteiger partial charge >= 0.3 is 0 Å². The van der Waals surface area contributed by atoms with Crippen LogP contribution in [0.25, 0.3) is 0 Å². The predicted molar refractivity (Wildman–Crippen MR) is 100 cm³/mol. The molecule has 0 aliphatic carbocycles. The molecule has 1 aromatic rings. The molecule has 5 nitrogen and oxygen atoms in total. The zero-order valence-corrected chi connectivity index (χ0v) is 17.0. The first kappa shape index (κ1) is 19.9. The van der Waals surface area contributed by atoms with Crippen LogP contribution in [0.4, 0.5) is 0 Å². The number of carbonyl (C=O) groups excluding carboxylic acids is 1. The molecule has 140 valence electrons. The second kappa shape index (κ2) is 7.08. The molecule has 1 heterocycles. The Morgan fingerprint density at radius 3 is 1.92 bits per heavy atom. The maximum absolute atomic E-state index is 13.1. The monoisotopic (exact) mass is 366 g/mol. The van der Waals surface area contributed by atoms with Gasteiger partial charge in [-0.15, -0.1) is 0 Å². The van der Waals surface area contributed by atoms with Crippen molar-refractivity contribution < 1.29 is 13.2 Å². The summed E-state index contributed by atoms with van der Waals surface area (Å²) in [7, 11) is -3.53. The molecule has 2 rings (SSSR count). The molecule has 0 N–H and O–H groups in total. The van der Waals surface area contributed by atoms with Crippen molar-refractivity contribution in [3.05, 3.63) is 28.8 Å². The van der Waals surface area contributed by atoms with Crippen molar-refractivity contribution in [2.24, 2.45) is 5.41 Å². The normalized spacial score (nSPS) is 17.0. The number of aryl methyl sites for hydroxylation is 3. The summed E-state index contributed by atoms with van der Waals surface area (Å²) >= 11 is 0. The van der Waals surface area contributed by atoms with Crippen LogP contribution in [0, 0.1) is 26.2 Å². The third kappa shape index (κ3) is 4.61. The summed E-state index contributed by atoms with van der Waals surface area (Å²) in [5, 5.41) is 0. The van der Waals surface area contributed by atoms with Crippen molar-refractivity contribution in [3.63, 3.8) is 0 Å². The van der Waals surface area contributed by atoms with Crippen LogP contribution in [0.15, 0.2) is 17.0 Å². The summed E-state index contributed by atoms with van der Waals surface area (Å²) in [5.41, 5.74) is 2.56. The van der Waals surface area contributed by atoms with Gasteiger partial charge in [0.05, 0.1) is 4.90 Å². The van der Waals surface area contributed by atoms with Crippen LogP contribution in [0.3, 0.4) is 0 Å². The first-order valence-electron chi connectivity index (χ1n) is 8.77. The van der Waals surface area contributed by atoms with Crippen LogP contribution in [0.2, 0.25) is 0 Å². The second-order valence-electron chi connectivity index (χ2n) is 8.25. The van der Waals surface area contributed by atoms with E-state index < -0.39 is 10.0 Å². The fraction of sp³-hybridized carbons (Fsp3) is 0.632. The molecule has 0 spiro atoms. The van der Waals surface area contributed by atoms with Crippen LogP contribution in [-0.4, -0.2) is 49.7 Å². The van der Waals surface area contributed by atoms with E-state index in [4.69, 9.17) is 0 Å². The highest BCUT2D eigenvalue weighted by molar-refractivity contribution is 7.89. The molecular weight excluding hydrogens is 336 g/mol. The Kier molecular flexibility index (Phi) is 5.64. The van der Waals surface area contributed by atoms with E-state index in [0.29, 0.717) is 37.5 Å². The fourth-order valence-corrected chi connectivity index (χ4v) is 5.28. The maximum Gasteiger partial charge on any atom is 0.243 e. The summed E-state index contributed by atoms with van der Waals surface area (Å²) in [6.45, 7) is 13.4. The quantitative estimate of drug-likeness (QED) is 0.826. The average Bonchev–Trinajstić information content (AvgIpc) is 2.44. The standard InChI is InChI=1S/C19H30N2O3S/c1-14-11-15(2)18(16(3)12-14)25(23,24)21-9-7-20(8-10-21)17(22)13-19(4,5)6/h11-12H,7-10,13H2,1-6H3. The number of carbonyl (C=O) groups is 1. The van der Waals surface area contributed by atoms with Gasteiger partial charge in [-0.1, -0.05) is 38.5 Å². The first-order chi connectivity index (χ1) is 11.4. The van der Waals surface area contributed by atoms with Crippen molar-refractivity contribution >= 4 is 15.9 Å². The summed E-state index contributed by atoms with van der Waals surface area (Å²) in [6.07, 6.45) is 0.482. The lowest BCUT2D eigenvalue weighted by Crippen LogP contribution is -2.51. The van der Waals surface area contributed by atoms with E-state index in [1.807, 2.05) is 53.7 Å². The van der Waals surface area contributed by atoms with Crippen molar-refractivity contribution in [2.75, 3.05) is 26.2 Å². The minimum atomic E-state index is -3.53. The number of piperazine rings is 1. The molecule has 1 aliphatic rings. The highest BCUT2D eigenvalue weighted by Gasteiger charge is 2.32. The highest BCUT2D eigenvalue weighted by Crippen LogP contribution is 2.26. The SMILES string of the molecule is Cc1cc(C)c(S(=O)(=O)N2CCN(C(=O)CC(C)(C)C)CC2)c(C)c1. The average molecular weight is 367 g/mol. The Bertz CT molecular complexity index is 732. The molecule has 0 radical (unpaired) electrons. The van der Waals surface area contributed by atoms with Gasteiger partial charge in [0, 0.05) is 32.6 Å². The van der Waals surface area contributed by atoms with E-state index in [2.05, 4.69) is 0 Å². The number of rotatable bonds is 3. The third-order valence-corrected chi connectivity index (χ3v) is 6.68. The van der Waals surface area contributed by atoms with Crippen molar-refractivity contribution in [2.45, 2.75) is 52.9 Å². The van der Waals surface area contributed by atoms with E-state index in [0.717, 1.165) is 16.7 Å². The fourth-order valence-electron chi connectivity index (χ4n) is 3.45. The summed E-state index contributed by atoms with van der Waals surface area (Å²) in [6, 6.07) is 3.81. The van der Waals surface area contributed by atoms with Crippen LogP contribution in [-0.2, 0) is 14.8 Å². The van der Waals surface area contributed by atoms with E-state index in [1.54, 1.807) is 4.90 Å². The molecule has 6 heteroatoms. The van der Waals surface area contributed by atoms with Gasteiger partial charge in [-0.2, -0.15) is 4.31 Å². The molecule has 0 bridgehead atoms. The van der Waals surface area contributed by atoms with E-state index in [1.165, 1.54) is 4.31 Å². The van der Waals surface area contributed by atoms with Crippen LogP contribution < -0.4 is 0 Å². The molecule has 25 heavy (non-hydrogen) atoms. The van der Waals surface area contributed by atoms with Gasteiger partial charge in [0.15, 0.2) is 0 Å². The number of nitrogens with zero attached hydrogens (tertiary/aromatic N) is 2. The van der Waals surface area contributed by atoms with E-state index >= 15 is 0 Å². The molecule has 0 unspecified atom stereocenters. The number of benzene rings is 1. The molecule has 1 aliphatic heterocycles. The second-order valence-corrected chi connectivity index (χ2v) is 10.1. The van der Waals surface area contributed by atoms with Crippen molar-refractivity contribution in [3.8, 4) is 0 Å². The largest absolute Gasteiger partial charge is 0.340 e. The number of sulfonamides is 1. The first-order valence-corrected chi connectivity index (χ1v) is 10.2. The smallest absolute Gasteiger partial charge is 0.243 e. The molecule has 0 atom stereocenters. The van der Waals surface area contributed by atoms with E-state index in [9.17, 15) is 13.2 Å². The van der Waals surface area contributed by atoms with Gasteiger partial charge in [0.1, 0.15) is 0 Å². The van der Waals surface area contributed by atoms with Crippen LogP contribution in [0.5, 0.6) is 0 Å². The third-order valence-electron chi connectivity index (χ3n) is 4.48. The minimum absolute atomic E-state index is 0.0591. The summed E-state index contributed by atoms with van der Waals surface area (Å²) < 4.78 is 27.6. The Hall–Kier alpha value is -1.40. The lowest BCUT2D eigenvalue weighted by atomic mass is 9.91. The Morgan fingerprint density at radius 2 is 1.48 bits per heavy atom. The van der Waals surface area contributed by atoms with Gasteiger partial charge in [-0.25, -0.2) is 8.42 Å². The zero-order chi connectivity index (χ0) is 19.0. The Labute approximate surface area is 152 Å². The lowest BCUT2D eigenvalue weighted by Gasteiger charge is -2.35. The zero-order valence-electron chi connectivity index (χ0n) is 16.2. The maximum atomic E-state index is 13.1. The van der Waals surface area contributed by atoms with Crippen LogP contribution in [0.1, 0.15) is 43.9 Å². The van der Waals surface area contributed by atoms with E-state index in [-0.39, 0.29) is 11.3 Å². The van der Waals surface area contributed by atoms with Gasteiger partial charge in [-0.3, -0.25) is 4.79 Å². The van der Waals surface area contributed by atoms with Gasteiger partial charge in [0.2, 0.25) is 15.9 Å². The van der Waals surface area contributed by atoms with Crippen LogP contribution >= 0.6 is 0 Å². The topological polar surface area (TPSA) is 57.7 Å². The Balaban J connectivity index is 2.14. The van der Waals surface area contributed by atoms with Crippen molar-refractivity contribution in [1.29, 1.82) is 0 Å². The molecular formula is C19H30N2O3S. The minimum Gasteiger partial charge on any atom is -0.340 e. The Morgan fingerprint density at radius 1 is 1.00 bits per heavy atom. The molecule has 0 saturated carbocycles. The summed E-state index contributed by atoms with van der Waals surface area (Å²) in [4.78, 5) is 14.5. The predicted octanol–water partition coefficient (Wildman–Crippen LogP) is 2.88. The van der Waals surface area contributed by atoms with Gasteiger partial charge < -0.3 is 4.90 Å². The molecule has 1 aromatic carbocycles.